The largest absolute Gasteiger partial charge is 0.631 e. The fourth-order valence-corrected chi connectivity index (χ4v) is 0. The van der Waals surface area contributed by atoms with E-state index in [1.54, 1.807) is 0 Å². The third-order valence-corrected chi connectivity index (χ3v) is 0. The molecule has 0 atom stereocenters. The van der Waals surface area contributed by atoms with Crippen molar-refractivity contribution in [3.63, 3.8) is 0 Å². The summed E-state index contributed by atoms with van der Waals surface area (Å²) in [5.41, 5.74) is 0. The second kappa shape index (κ2) is 9.36. The summed E-state index contributed by atoms with van der Waals surface area (Å²) in [4.78, 5) is 0. The summed E-state index contributed by atoms with van der Waals surface area (Å²) in [6, 6.07) is 0. The molecule has 0 fully saturated rings. The first-order chi connectivity index (χ1) is 1.73. The van der Waals surface area contributed by atoms with Crippen LogP contribution in [0.4, 0.5) is 0 Å². The van der Waals surface area contributed by atoms with Gasteiger partial charge in [-0.25, -0.2) is 0 Å². The molecule has 0 saturated carbocycles. The smallest absolute Gasteiger partial charge is 0.402 e. The summed E-state index contributed by atoms with van der Waals surface area (Å²) < 4.78 is 0. The first-order valence-corrected chi connectivity index (χ1v) is 0.775. The summed E-state index contributed by atoms with van der Waals surface area (Å²) in [6.45, 7) is 0. The van der Waals surface area contributed by atoms with Gasteiger partial charge in [0.25, 0.3) is 0 Å². The van der Waals surface area contributed by atoms with Crippen molar-refractivity contribution in [2.75, 3.05) is 0 Å². The van der Waals surface area contributed by atoms with Crippen LogP contribution in [0.5, 0.6) is 0 Å². The second-order valence-corrected chi connectivity index (χ2v) is 0.346. The van der Waals surface area contributed by atoms with Crippen LogP contribution in [0.2, 0.25) is 0 Å². The zero-order chi connectivity index (χ0) is 3.58. The molecule has 0 aromatic rings. The van der Waals surface area contributed by atoms with Crippen molar-refractivity contribution < 1.29 is 49.2 Å². The third-order valence-electron chi connectivity index (χ3n) is 0. The Morgan fingerprint density at radius 3 is 0.833 bits per heavy atom. The molecule has 0 radical (unpaired) electrons. The van der Waals surface area contributed by atoms with Crippen LogP contribution in [-0.2, 0) is 34.1 Å². The molecule has 0 heterocycles. The van der Waals surface area contributed by atoms with E-state index in [0.29, 0.717) is 0 Å². The average Bonchev–Trinajstić information content (AvgIpc) is 0.811. The fourth-order valence-electron chi connectivity index (χ4n) is 0. The Balaban J connectivity index is -0.0000000450. The van der Waals surface area contributed by atoms with Crippen molar-refractivity contribution in [2.24, 2.45) is 0 Å². The van der Waals surface area contributed by atoms with Crippen LogP contribution in [-0.4, -0.2) is 22.4 Å². The summed E-state index contributed by atoms with van der Waals surface area (Å²) in [7, 11) is -2.17. The Morgan fingerprint density at radius 2 is 0.833 bits per heavy atom. The Kier molecular flexibility index (Phi) is 24.6. The quantitative estimate of drug-likeness (QED) is 0.370. The molecule has 0 amide bonds. The number of hydrogen-bond donors (Lipinski definition) is 3. The van der Waals surface area contributed by atoms with Gasteiger partial charge < -0.3 is 15.1 Å². The van der Waals surface area contributed by atoms with Gasteiger partial charge in [0, 0.05) is 34.1 Å². The van der Waals surface area contributed by atoms with E-state index in [-0.39, 0.29) is 34.1 Å². The van der Waals surface area contributed by atoms with Gasteiger partial charge in [-0.2, -0.15) is 0 Å². The minimum Gasteiger partial charge on any atom is -0.402 e. The zero-order valence-corrected chi connectivity index (χ0v) is 4.83. The second-order valence-electron chi connectivity index (χ2n) is 0.346. The van der Waals surface area contributed by atoms with E-state index in [2.05, 4.69) is 0 Å². The van der Waals surface area contributed by atoms with Gasteiger partial charge in [-0.05, 0) is 0 Å². The molecule has 3 N–H and O–H groups in total. The van der Waals surface area contributed by atoms with E-state index >= 15 is 0 Å². The molecule has 0 unspecified atom stereocenters. The van der Waals surface area contributed by atoms with Crippen molar-refractivity contribution in [3.05, 3.63) is 0 Å². The molecule has 0 aromatic carbocycles. The van der Waals surface area contributed by atoms with Crippen molar-refractivity contribution in [2.45, 2.75) is 0 Å². The Labute approximate surface area is 56.9 Å². The van der Waals surface area contributed by atoms with E-state index in [9.17, 15) is 0 Å². The third kappa shape index (κ3) is 81.7. The van der Waals surface area contributed by atoms with Gasteiger partial charge in [-0.3, -0.25) is 0 Å². The first kappa shape index (κ1) is 15.8. The normalized spacial score (nSPS) is 4.50. The van der Waals surface area contributed by atoms with E-state index in [1.807, 2.05) is 0 Å². The maximum atomic E-state index is 7.17. The summed E-state index contributed by atoms with van der Waals surface area (Å²) in [6.07, 6.45) is 0. The monoisotopic (exact) mass is 174 g/mol. The summed E-state index contributed by atoms with van der Waals surface area (Å²) in [5.74, 6) is 0. The minimum absolute atomic E-state index is 0. The van der Waals surface area contributed by atoms with Gasteiger partial charge in [0.05, 0.1) is 0 Å². The minimum atomic E-state index is -2.17. The van der Waals surface area contributed by atoms with Crippen molar-refractivity contribution >= 4 is 7.32 Å². The molecule has 0 saturated heterocycles. The van der Waals surface area contributed by atoms with Crippen molar-refractivity contribution in [3.8, 4) is 0 Å². The molecule has 0 spiro atoms. The molecule has 0 aliphatic heterocycles. The fraction of sp³-hybridized carbons (Fsp3) is 0. The van der Waals surface area contributed by atoms with E-state index in [1.165, 1.54) is 0 Å². The SMILES string of the molecule is OB(O)O.[Fe].[Fe]. The summed E-state index contributed by atoms with van der Waals surface area (Å²) in [5, 5.41) is 21.5. The Bertz CT molecular complexity index is 13.5. The molecular weight excluding hydrogens is 170 g/mol. The molecule has 3 nitrogen and oxygen atoms in total. The zero-order valence-electron chi connectivity index (χ0n) is 2.63. The van der Waals surface area contributed by atoms with Crippen LogP contribution in [0.3, 0.4) is 0 Å². The Morgan fingerprint density at radius 1 is 0.833 bits per heavy atom. The molecule has 0 aliphatic carbocycles. The maximum absolute atomic E-state index is 7.17. The van der Waals surface area contributed by atoms with Crippen LogP contribution < -0.4 is 0 Å². The van der Waals surface area contributed by atoms with Gasteiger partial charge in [-0.1, -0.05) is 0 Å². The predicted molar refractivity (Wildman–Crippen MR) is 12.4 cm³/mol. The molecular formula is H3BFe2O3. The molecule has 6 heteroatoms. The predicted octanol–water partition coefficient (Wildman–Crippen LogP) is -2.06. The van der Waals surface area contributed by atoms with Gasteiger partial charge in [0.15, 0.2) is 0 Å². The molecule has 0 aliphatic rings. The average molecular weight is 174 g/mol. The molecule has 0 bridgehead atoms. The molecule has 0 rings (SSSR count). The van der Waals surface area contributed by atoms with E-state index in [0.717, 1.165) is 0 Å². The summed E-state index contributed by atoms with van der Waals surface area (Å²) >= 11 is 0. The first-order valence-electron chi connectivity index (χ1n) is 0.775. The maximum Gasteiger partial charge on any atom is 0.631 e. The Hall–Kier alpha value is 0.984. The standard InChI is InChI=1S/BH3O3.2Fe/c2-1(3)4;;/h2-4H;;. The topological polar surface area (TPSA) is 60.7 Å². The van der Waals surface area contributed by atoms with E-state index in [4.69, 9.17) is 15.1 Å². The number of hydrogen-bond acceptors (Lipinski definition) is 3. The van der Waals surface area contributed by atoms with Gasteiger partial charge in [0.1, 0.15) is 0 Å². The van der Waals surface area contributed by atoms with Crippen molar-refractivity contribution in [1.82, 2.24) is 0 Å². The van der Waals surface area contributed by atoms with Gasteiger partial charge in [0.2, 0.25) is 0 Å². The van der Waals surface area contributed by atoms with E-state index < -0.39 is 7.32 Å². The van der Waals surface area contributed by atoms with Crippen LogP contribution in [0.15, 0.2) is 0 Å². The van der Waals surface area contributed by atoms with Crippen LogP contribution in [0, 0.1) is 0 Å². The van der Waals surface area contributed by atoms with Crippen LogP contribution in [0.1, 0.15) is 0 Å². The molecule has 40 valence electrons. The van der Waals surface area contributed by atoms with Crippen LogP contribution in [0.25, 0.3) is 0 Å². The van der Waals surface area contributed by atoms with Crippen molar-refractivity contribution in [1.29, 1.82) is 0 Å². The van der Waals surface area contributed by atoms with Crippen LogP contribution >= 0.6 is 0 Å². The molecule has 6 heavy (non-hydrogen) atoms. The van der Waals surface area contributed by atoms with Gasteiger partial charge in [-0.15, -0.1) is 0 Å². The van der Waals surface area contributed by atoms with Gasteiger partial charge >= 0.3 is 7.32 Å². The molecule has 0 aromatic heterocycles. The number of rotatable bonds is 0.